The summed E-state index contributed by atoms with van der Waals surface area (Å²) >= 11 is 1.70. The molecule has 0 aliphatic carbocycles. The Morgan fingerprint density at radius 3 is 3.10 bits per heavy atom. The van der Waals surface area contributed by atoms with E-state index in [-0.39, 0.29) is 0 Å². The van der Waals surface area contributed by atoms with Crippen molar-refractivity contribution >= 4 is 11.3 Å². The van der Waals surface area contributed by atoms with Crippen molar-refractivity contribution in [2.24, 2.45) is 0 Å². The maximum absolute atomic E-state index is 4.82. The van der Waals surface area contributed by atoms with Crippen molar-refractivity contribution in [2.45, 2.75) is 0 Å². The molecule has 2 rings (SSSR count). The monoisotopic (exact) mass is 149 g/mol. The predicted octanol–water partition coefficient (Wildman–Crippen LogP) is 2.81. The van der Waals surface area contributed by atoms with Crippen molar-refractivity contribution in [2.75, 3.05) is 0 Å². The maximum atomic E-state index is 4.82. The molecule has 0 saturated carbocycles. The molecule has 2 aromatic heterocycles. The van der Waals surface area contributed by atoms with Crippen LogP contribution in [0.4, 0.5) is 0 Å². The molecule has 0 spiro atoms. The van der Waals surface area contributed by atoms with Gasteiger partial charge in [0.1, 0.15) is 6.26 Å². The third-order valence-electron chi connectivity index (χ3n) is 1.27. The standard InChI is InChI=1S/C8H5OS/c1-2-8(10-5-1)7-3-4-9-6-7/h1-3,5-6H. The first-order valence-corrected chi connectivity index (χ1v) is 3.83. The number of hydrogen-bond donors (Lipinski definition) is 0. The van der Waals surface area contributed by atoms with E-state index < -0.39 is 0 Å². The van der Waals surface area contributed by atoms with Gasteiger partial charge in [-0.1, -0.05) is 6.07 Å². The highest BCUT2D eigenvalue weighted by molar-refractivity contribution is 7.13. The first kappa shape index (κ1) is 5.74. The van der Waals surface area contributed by atoms with Crippen molar-refractivity contribution in [3.63, 3.8) is 0 Å². The van der Waals surface area contributed by atoms with E-state index in [1.54, 1.807) is 17.6 Å². The normalized spacial score (nSPS) is 10.0. The lowest BCUT2D eigenvalue weighted by molar-refractivity contribution is 0.559. The Morgan fingerprint density at radius 1 is 1.50 bits per heavy atom. The summed E-state index contributed by atoms with van der Waals surface area (Å²) < 4.78 is 4.82. The van der Waals surface area contributed by atoms with Gasteiger partial charge >= 0.3 is 0 Å². The molecule has 2 heterocycles. The van der Waals surface area contributed by atoms with Crippen LogP contribution >= 0.6 is 11.3 Å². The molecule has 0 atom stereocenters. The van der Waals surface area contributed by atoms with E-state index >= 15 is 0 Å². The van der Waals surface area contributed by atoms with Gasteiger partial charge in [0.15, 0.2) is 6.26 Å². The second-order valence-electron chi connectivity index (χ2n) is 1.93. The number of thiophene rings is 1. The summed E-state index contributed by atoms with van der Waals surface area (Å²) in [6.07, 6.45) is 4.35. The largest absolute Gasteiger partial charge is 0.460 e. The van der Waals surface area contributed by atoms with E-state index in [4.69, 9.17) is 4.42 Å². The molecule has 49 valence electrons. The molecule has 0 bridgehead atoms. The van der Waals surface area contributed by atoms with Gasteiger partial charge in [0.25, 0.3) is 0 Å². The van der Waals surface area contributed by atoms with Gasteiger partial charge in [0.05, 0.1) is 0 Å². The third kappa shape index (κ3) is 0.866. The van der Waals surface area contributed by atoms with Crippen molar-refractivity contribution in [1.29, 1.82) is 0 Å². The van der Waals surface area contributed by atoms with Crippen LogP contribution in [-0.4, -0.2) is 0 Å². The Morgan fingerprint density at radius 2 is 2.50 bits per heavy atom. The minimum Gasteiger partial charge on any atom is -0.460 e. The minimum absolute atomic E-state index is 1.11. The first-order valence-electron chi connectivity index (χ1n) is 2.95. The van der Waals surface area contributed by atoms with E-state index in [1.165, 1.54) is 4.88 Å². The first-order chi connectivity index (χ1) is 4.97. The maximum Gasteiger partial charge on any atom is 0.169 e. The minimum atomic E-state index is 1.11. The molecule has 0 aliphatic rings. The Balaban J connectivity index is 2.48. The molecule has 0 aliphatic heterocycles. The molecule has 0 N–H and O–H groups in total. The van der Waals surface area contributed by atoms with Gasteiger partial charge in [0.2, 0.25) is 0 Å². The summed E-state index contributed by atoms with van der Waals surface area (Å²) in [6.45, 7) is 0. The number of rotatable bonds is 1. The summed E-state index contributed by atoms with van der Waals surface area (Å²) in [4.78, 5) is 1.23. The zero-order valence-corrected chi connectivity index (χ0v) is 6.02. The van der Waals surface area contributed by atoms with E-state index in [0.717, 1.165) is 5.56 Å². The molecule has 2 heteroatoms. The summed E-state index contributed by atoms with van der Waals surface area (Å²) in [7, 11) is 0. The smallest absolute Gasteiger partial charge is 0.169 e. The van der Waals surface area contributed by atoms with E-state index in [2.05, 4.69) is 12.3 Å². The lowest BCUT2D eigenvalue weighted by Crippen LogP contribution is -1.58. The average Bonchev–Trinajstić information content (AvgIpc) is 2.59. The third-order valence-corrected chi connectivity index (χ3v) is 2.19. The van der Waals surface area contributed by atoms with Crippen LogP contribution < -0.4 is 0 Å². The van der Waals surface area contributed by atoms with Gasteiger partial charge in [0, 0.05) is 10.4 Å². The highest BCUT2D eigenvalue weighted by atomic mass is 32.1. The number of furan rings is 1. The Bertz CT molecular complexity index is 249. The summed E-state index contributed by atoms with van der Waals surface area (Å²) in [5, 5.41) is 2.04. The molecule has 0 saturated heterocycles. The summed E-state index contributed by atoms with van der Waals surface area (Å²) in [5.41, 5.74) is 1.11. The highest BCUT2D eigenvalue weighted by Gasteiger charge is 1.97. The molecule has 0 unspecified atom stereocenters. The molecular weight excluding hydrogens is 144 g/mol. The zero-order chi connectivity index (χ0) is 6.81. The number of hydrogen-bond acceptors (Lipinski definition) is 2. The average molecular weight is 149 g/mol. The van der Waals surface area contributed by atoms with Gasteiger partial charge in [-0.15, -0.1) is 11.3 Å². The van der Waals surface area contributed by atoms with E-state index in [0.29, 0.717) is 0 Å². The van der Waals surface area contributed by atoms with Gasteiger partial charge in [-0.05, 0) is 17.5 Å². The van der Waals surface area contributed by atoms with Crippen molar-refractivity contribution in [1.82, 2.24) is 0 Å². The zero-order valence-electron chi connectivity index (χ0n) is 5.20. The molecular formula is C8H5OS. The molecule has 0 aromatic carbocycles. The topological polar surface area (TPSA) is 13.1 Å². The molecule has 1 nitrogen and oxygen atoms in total. The van der Waals surface area contributed by atoms with Gasteiger partial charge in [-0.25, -0.2) is 0 Å². The second kappa shape index (κ2) is 2.31. The molecule has 0 amide bonds. The predicted molar refractivity (Wildman–Crippen MR) is 40.9 cm³/mol. The van der Waals surface area contributed by atoms with Crippen LogP contribution in [0.15, 0.2) is 34.3 Å². The Kier molecular flexibility index (Phi) is 1.32. The van der Waals surface area contributed by atoms with Crippen LogP contribution in [0.5, 0.6) is 0 Å². The van der Waals surface area contributed by atoms with Crippen molar-refractivity contribution < 1.29 is 4.42 Å². The SMILES string of the molecule is [c]1cc(-c2cccs2)co1. The second-order valence-corrected chi connectivity index (χ2v) is 2.88. The van der Waals surface area contributed by atoms with Crippen LogP contribution in [0, 0.1) is 6.26 Å². The molecule has 1 radical (unpaired) electrons. The van der Waals surface area contributed by atoms with Crippen LogP contribution in [0.3, 0.4) is 0 Å². The molecule has 0 fully saturated rings. The molecule has 2 aromatic rings. The van der Waals surface area contributed by atoms with Crippen LogP contribution in [0.2, 0.25) is 0 Å². The summed E-state index contributed by atoms with van der Waals surface area (Å²) in [6, 6.07) is 5.92. The lowest BCUT2D eigenvalue weighted by atomic mass is 10.3. The Hall–Kier alpha value is -1.02. The molecule has 10 heavy (non-hydrogen) atoms. The van der Waals surface area contributed by atoms with Crippen molar-refractivity contribution in [3.8, 4) is 10.4 Å². The van der Waals surface area contributed by atoms with Crippen LogP contribution in [-0.2, 0) is 0 Å². The Labute approximate surface area is 62.9 Å². The highest BCUT2D eigenvalue weighted by Crippen LogP contribution is 2.23. The van der Waals surface area contributed by atoms with Crippen LogP contribution in [0.1, 0.15) is 0 Å². The summed E-state index contributed by atoms with van der Waals surface area (Å²) in [5.74, 6) is 0. The van der Waals surface area contributed by atoms with E-state index in [9.17, 15) is 0 Å². The van der Waals surface area contributed by atoms with Gasteiger partial charge in [-0.2, -0.15) is 0 Å². The van der Waals surface area contributed by atoms with Gasteiger partial charge < -0.3 is 4.42 Å². The van der Waals surface area contributed by atoms with E-state index in [1.807, 2.05) is 17.5 Å². The fraction of sp³-hybridized carbons (Fsp3) is 0. The fourth-order valence-electron chi connectivity index (χ4n) is 0.801. The quantitative estimate of drug-likeness (QED) is 0.607. The van der Waals surface area contributed by atoms with Crippen molar-refractivity contribution in [3.05, 3.63) is 36.1 Å². The fourth-order valence-corrected chi connectivity index (χ4v) is 1.51. The van der Waals surface area contributed by atoms with Gasteiger partial charge in [-0.3, -0.25) is 0 Å². The van der Waals surface area contributed by atoms with Crippen LogP contribution in [0.25, 0.3) is 10.4 Å². The lowest BCUT2D eigenvalue weighted by Gasteiger charge is -1.83.